The molecule has 1 aromatic carbocycles. The second-order valence-electron chi connectivity index (χ2n) is 4.01. The molecule has 0 fully saturated rings. The van der Waals surface area contributed by atoms with Gasteiger partial charge in [-0.15, -0.1) is 0 Å². The molecule has 1 atom stereocenters. The van der Waals surface area contributed by atoms with E-state index in [1.165, 1.54) is 11.1 Å². The number of aliphatic hydroxyl groups is 1. The average molecular weight is 178 g/mol. The Balaban J connectivity index is 2.69. The molecule has 0 bridgehead atoms. The fourth-order valence-corrected chi connectivity index (χ4v) is 1.27. The second kappa shape index (κ2) is 3.93. The molecule has 1 heteroatoms. The van der Waals surface area contributed by atoms with Crippen LogP contribution < -0.4 is 0 Å². The third-order valence-electron chi connectivity index (χ3n) is 2.47. The van der Waals surface area contributed by atoms with E-state index in [4.69, 9.17) is 0 Å². The lowest BCUT2D eigenvalue weighted by atomic mass is 9.94. The maximum absolute atomic E-state index is 9.85. The standard InChI is InChI=1S/C12H18O/c1-4-12(3,13)9-11-7-5-10(2)6-8-11/h5-8,13H,4,9H2,1-3H3. The van der Waals surface area contributed by atoms with Crippen LogP contribution in [0.25, 0.3) is 0 Å². The first-order valence-electron chi connectivity index (χ1n) is 4.81. The quantitative estimate of drug-likeness (QED) is 0.754. The highest BCUT2D eigenvalue weighted by Crippen LogP contribution is 2.16. The number of rotatable bonds is 3. The van der Waals surface area contributed by atoms with Crippen molar-refractivity contribution in [2.24, 2.45) is 0 Å². The van der Waals surface area contributed by atoms with Gasteiger partial charge in [0.25, 0.3) is 0 Å². The van der Waals surface area contributed by atoms with Crippen LogP contribution in [0.5, 0.6) is 0 Å². The summed E-state index contributed by atoms with van der Waals surface area (Å²) in [6.07, 6.45) is 1.53. The van der Waals surface area contributed by atoms with E-state index >= 15 is 0 Å². The van der Waals surface area contributed by atoms with Crippen molar-refractivity contribution < 1.29 is 5.11 Å². The SMILES string of the molecule is CCC(C)(O)Cc1ccc(C)cc1. The lowest BCUT2D eigenvalue weighted by Gasteiger charge is -2.21. The summed E-state index contributed by atoms with van der Waals surface area (Å²) in [5, 5.41) is 9.85. The molecule has 0 aliphatic heterocycles. The van der Waals surface area contributed by atoms with Crippen LogP contribution in [0.15, 0.2) is 24.3 Å². The Hall–Kier alpha value is -0.820. The van der Waals surface area contributed by atoms with E-state index in [2.05, 4.69) is 31.2 Å². The molecule has 1 unspecified atom stereocenters. The minimum atomic E-state index is -0.560. The molecule has 0 aliphatic rings. The van der Waals surface area contributed by atoms with E-state index in [0.717, 1.165) is 12.8 Å². The average Bonchev–Trinajstić information content (AvgIpc) is 2.09. The first kappa shape index (κ1) is 10.3. The molecule has 0 spiro atoms. The Bertz CT molecular complexity index is 259. The zero-order valence-corrected chi connectivity index (χ0v) is 8.67. The zero-order chi connectivity index (χ0) is 9.90. The molecule has 0 radical (unpaired) electrons. The maximum Gasteiger partial charge on any atom is 0.0657 e. The Labute approximate surface area is 80.4 Å². The molecular formula is C12H18O. The summed E-state index contributed by atoms with van der Waals surface area (Å²) in [6.45, 7) is 5.96. The summed E-state index contributed by atoms with van der Waals surface area (Å²) in [6, 6.07) is 8.33. The van der Waals surface area contributed by atoms with Crippen molar-refractivity contribution in [3.8, 4) is 0 Å². The van der Waals surface area contributed by atoms with E-state index in [-0.39, 0.29) is 0 Å². The van der Waals surface area contributed by atoms with Crippen molar-refractivity contribution in [3.05, 3.63) is 35.4 Å². The van der Waals surface area contributed by atoms with Crippen LogP contribution in [-0.2, 0) is 6.42 Å². The highest BCUT2D eigenvalue weighted by atomic mass is 16.3. The third kappa shape index (κ3) is 3.19. The van der Waals surface area contributed by atoms with Gasteiger partial charge in [0.05, 0.1) is 5.60 Å². The van der Waals surface area contributed by atoms with Gasteiger partial charge in [-0.3, -0.25) is 0 Å². The third-order valence-corrected chi connectivity index (χ3v) is 2.47. The summed E-state index contributed by atoms with van der Waals surface area (Å²) in [5.41, 5.74) is 1.91. The molecule has 72 valence electrons. The van der Waals surface area contributed by atoms with Gasteiger partial charge in [-0.2, -0.15) is 0 Å². The van der Waals surface area contributed by atoms with Crippen LogP contribution in [-0.4, -0.2) is 10.7 Å². The van der Waals surface area contributed by atoms with Gasteiger partial charge in [-0.1, -0.05) is 36.8 Å². The molecule has 0 saturated heterocycles. The highest BCUT2D eigenvalue weighted by molar-refractivity contribution is 5.22. The minimum absolute atomic E-state index is 0.560. The fraction of sp³-hybridized carbons (Fsp3) is 0.500. The van der Waals surface area contributed by atoms with Crippen LogP contribution in [0.3, 0.4) is 0 Å². The Morgan fingerprint density at radius 2 is 1.77 bits per heavy atom. The number of aryl methyl sites for hydroxylation is 1. The Morgan fingerprint density at radius 3 is 2.23 bits per heavy atom. The van der Waals surface area contributed by atoms with Gasteiger partial charge in [-0.05, 0) is 25.8 Å². The largest absolute Gasteiger partial charge is 0.390 e. The van der Waals surface area contributed by atoms with Crippen molar-refractivity contribution in [1.82, 2.24) is 0 Å². The van der Waals surface area contributed by atoms with Crippen LogP contribution >= 0.6 is 0 Å². The molecule has 0 amide bonds. The van der Waals surface area contributed by atoms with E-state index in [1.807, 2.05) is 13.8 Å². The highest BCUT2D eigenvalue weighted by Gasteiger charge is 2.17. The van der Waals surface area contributed by atoms with Gasteiger partial charge in [0, 0.05) is 6.42 Å². The summed E-state index contributed by atoms with van der Waals surface area (Å²) < 4.78 is 0. The summed E-state index contributed by atoms with van der Waals surface area (Å²) >= 11 is 0. The maximum atomic E-state index is 9.85. The molecular weight excluding hydrogens is 160 g/mol. The first-order valence-corrected chi connectivity index (χ1v) is 4.81. The topological polar surface area (TPSA) is 20.2 Å². The molecule has 1 N–H and O–H groups in total. The predicted molar refractivity (Wildman–Crippen MR) is 55.8 cm³/mol. The van der Waals surface area contributed by atoms with Gasteiger partial charge in [0.2, 0.25) is 0 Å². The van der Waals surface area contributed by atoms with Crippen molar-refractivity contribution in [2.45, 2.75) is 39.2 Å². The van der Waals surface area contributed by atoms with Gasteiger partial charge in [0.1, 0.15) is 0 Å². The van der Waals surface area contributed by atoms with Crippen molar-refractivity contribution in [3.63, 3.8) is 0 Å². The van der Waals surface area contributed by atoms with Gasteiger partial charge >= 0.3 is 0 Å². The van der Waals surface area contributed by atoms with E-state index in [9.17, 15) is 5.11 Å². The van der Waals surface area contributed by atoms with E-state index in [1.54, 1.807) is 0 Å². The van der Waals surface area contributed by atoms with Crippen molar-refractivity contribution in [2.75, 3.05) is 0 Å². The lowest BCUT2D eigenvalue weighted by Crippen LogP contribution is -2.25. The Kier molecular flexibility index (Phi) is 3.10. The molecule has 0 aliphatic carbocycles. The van der Waals surface area contributed by atoms with Crippen LogP contribution in [0, 0.1) is 6.92 Å². The summed E-state index contributed by atoms with van der Waals surface area (Å²) in [5.74, 6) is 0. The zero-order valence-electron chi connectivity index (χ0n) is 8.67. The molecule has 0 saturated carbocycles. The first-order chi connectivity index (χ1) is 6.03. The summed E-state index contributed by atoms with van der Waals surface area (Å²) in [7, 11) is 0. The number of benzene rings is 1. The molecule has 0 heterocycles. The second-order valence-corrected chi connectivity index (χ2v) is 4.01. The van der Waals surface area contributed by atoms with Crippen molar-refractivity contribution in [1.29, 1.82) is 0 Å². The van der Waals surface area contributed by atoms with Crippen LogP contribution in [0.2, 0.25) is 0 Å². The Morgan fingerprint density at radius 1 is 1.23 bits per heavy atom. The van der Waals surface area contributed by atoms with E-state index < -0.39 is 5.60 Å². The smallest absolute Gasteiger partial charge is 0.0657 e. The minimum Gasteiger partial charge on any atom is -0.390 e. The molecule has 1 rings (SSSR count). The van der Waals surface area contributed by atoms with Gasteiger partial charge in [0.15, 0.2) is 0 Å². The predicted octanol–water partition coefficient (Wildman–Crippen LogP) is 2.70. The van der Waals surface area contributed by atoms with Gasteiger partial charge < -0.3 is 5.11 Å². The lowest BCUT2D eigenvalue weighted by molar-refractivity contribution is 0.0564. The summed E-state index contributed by atoms with van der Waals surface area (Å²) in [4.78, 5) is 0. The normalized spacial score (nSPS) is 15.4. The molecule has 1 nitrogen and oxygen atoms in total. The van der Waals surface area contributed by atoms with Gasteiger partial charge in [-0.25, -0.2) is 0 Å². The molecule has 13 heavy (non-hydrogen) atoms. The van der Waals surface area contributed by atoms with Crippen LogP contribution in [0.1, 0.15) is 31.4 Å². The number of hydrogen-bond acceptors (Lipinski definition) is 1. The van der Waals surface area contributed by atoms with Crippen LogP contribution in [0.4, 0.5) is 0 Å². The fourth-order valence-electron chi connectivity index (χ4n) is 1.27. The molecule has 0 aromatic heterocycles. The number of hydrogen-bond donors (Lipinski definition) is 1. The van der Waals surface area contributed by atoms with Crippen molar-refractivity contribution >= 4 is 0 Å². The molecule has 1 aromatic rings. The van der Waals surface area contributed by atoms with E-state index in [0.29, 0.717) is 0 Å². The monoisotopic (exact) mass is 178 g/mol.